The maximum Gasteiger partial charge on any atom is 0.0567 e. The van der Waals surface area contributed by atoms with Gasteiger partial charge in [0.15, 0.2) is 0 Å². The van der Waals surface area contributed by atoms with Gasteiger partial charge in [0, 0.05) is 16.9 Å². The number of nitrogens with zero attached hydrogens (tertiary/aromatic N) is 1. The third-order valence-electron chi connectivity index (χ3n) is 2.60. The number of benzene rings is 1. The van der Waals surface area contributed by atoms with Gasteiger partial charge in [0.25, 0.3) is 0 Å². The van der Waals surface area contributed by atoms with Crippen LogP contribution in [-0.4, -0.2) is 4.98 Å². The van der Waals surface area contributed by atoms with Gasteiger partial charge < -0.3 is 5.73 Å². The molecule has 2 N–H and O–H groups in total. The molecule has 0 amide bonds. The normalized spacial score (nSPS) is 12.4. The lowest BCUT2D eigenvalue weighted by atomic mass is 10.0. The van der Waals surface area contributed by atoms with E-state index in [9.17, 15) is 0 Å². The second-order valence-corrected chi connectivity index (χ2v) is 4.63. The molecule has 1 aromatic heterocycles. The molecule has 3 heteroatoms. The van der Waals surface area contributed by atoms with Crippen molar-refractivity contribution in [2.75, 3.05) is 0 Å². The van der Waals surface area contributed by atoms with Gasteiger partial charge >= 0.3 is 0 Å². The molecule has 0 bridgehead atoms. The molecule has 0 aliphatic carbocycles. The van der Waals surface area contributed by atoms with Gasteiger partial charge in [0.05, 0.1) is 6.04 Å². The smallest absolute Gasteiger partial charge is 0.0567 e. The number of aryl methyl sites for hydroxylation is 1. The van der Waals surface area contributed by atoms with Crippen molar-refractivity contribution >= 4 is 15.9 Å². The van der Waals surface area contributed by atoms with E-state index in [0.29, 0.717) is 0 Å². The molecule has 0 radical (unpaired) electrons. The van der Waals surface area contributed by atoms with Crippen LogP contribution < -0.4 is 5.73 Å². The van der Waals surface area contributed by atoms with Gasteiger partial charge in [0.1, 0.15) is 0 Å². The fourth-order valence-electron chi connectivity index (χ4n) is 1.55. The van der Waals surface area contributed by atoms with E-state index in [1.165, 1.54) is 5.56 Å². The molecule has 1 heterocycles. The van der Waals surface area contributed by atoms with Crippen LogP contribution in [0.2, 0.25) is 0 Å². The topological polar surface area (TPSA) is 38.9 Å². The Balaban J connectivity index is 2.34. The minimum absolute atomic E-state index is 0.120. The Morgan fingerprint density at radius 3 is 2.69 bits per heavy atom. The van der Waals surface area contributed by atoms with Crippen LogP contribution >= 0.6 is 15.9 Å². The quantitative estimate of drug-likeness (QED) is 0.915. The van der Waals surface area contributed by atoms with E-state index in [0.717, 1.165) is 15.6 Å². The van der Waals surface area contributed by atoms with E-state index in [2.05, 4.69) is 46.0 Å². The van der Waals surface area contributed by atoms with E-state index in [4.69, 9.17) is 5.73 Å². The summed E-state index contributed by atoms with van der Waals surface area (Å²) in [6.07, 6.45) is 3.56. The average molecular weight is 277 g/mol. The summed E-state index contributed by atoms with van der Waals surface area (Å²) in [5, 5.41) is 0. The lowest BCUT2D eigenvalue weighted by molar-refractivity contribution is 0.861. The van der Waals surface area contributed by atoms with E-state index in [-0.39, 0.29) is 6.04 Å². The van der Waals surface area contributed by atoms with Gasteiger partial charge in [-0.15, -0.1) is 0 Å². The zero-order chi connectivity index (χ0) is 11.5. The molecule has 0 aliphatic rings. The molecule has 2 rings (SSSR count). The highest BCUT2D eigenvalue weighted by molar-refractivity contribution is 9.10. The summed E-state index contributed by atoms with van der Waals surface area (Å²) < 4.78 is 1.09. The zero-order valence-corrected chi connectivity index (χ0v) is 10.6. The first-order valence-corrected chi connectivity index (χ1v) is 5.89. The van der Waals surface area contributed by atoms with E-state index >= 15 is 0 Å². The monoisotopic (exact) mass is 276 g/mol. The summed E-state index contributed by atoms with van der Waals surface area (Å²) in [6, 6.07) is 9.95. The molecular formula is C13H13BrN2. The van der Waals surface area contributed by atoms with Crippen LogP contribution in [0.5, 0.6) is 0 Å². The van der Waals surface area contributed by atoms with Gasteiger partial charge in [-0.3, -0.25) is 4.98 Å². The van der Waals surface area contributed by atoms with Crippen LogP contribution in [0.3, 0.4) is 0 Å². The second kappa shape index (κ2) is 4.76. The summed E-state index contributed by atoms with van der Waals surface area (Å²) in [7, 11) is 0. The van der Waals surface area contributed by atoms with Gasteiger partial charge in [-0.05, 0) is 35.7 Å². The fourth-order valence-corrected chi connectivity index (χ4v) is 1.95. The second-order valence-electron chi connectivity index (χ2n) is 3.77. The van der Waals surface area contributed by atoms with Gasteiger partial charge in [-0.1, -0.05) is 34.1 Å². The summed E-state index contributed by atoms with van der Waals surface area (Å²) in [5.41, 5.74) is 9.50. The molecule has 0 saturated carbocycles. The maximum atomic E-state index is 6.17. The van der Waals surface area contributed by atoms with Gasteiger partial charge in [0.2, 0.25) is 0 Å². The molecule has 2 aromatic rings. The molecule has 0 saturated heterocycles. The van der Waals surface area contributed by atoms with Crippen molar-refractivity contribution in [2.24, 2.45) is 5.73 Å². The molecule has 1 atom stereocenters. The summed E-state index contributed by atoms with van der Waals surface area (Å²) in [6.45, 7) is 2.06. The van der Waals surface area contributed by atoms with Crippen LogP contribution in [0.15, 0.2) is 47.2 Å². The van der Waals surface area contributed by atoms with E-state index in [1.807, 2.05) is 12.1 Å². The first kappa shape index (κ1) is 11.3. The van der Waals surface area contributed by atoms with Crippen LogP contribution in [0, 0.1) is 6.92 Å². The maximum absolute atomic E-state index is 6.17. The van der Waals surface area contributed by atoms with Crippen molar-refractivity contribution in [2.45, 2.75) is 13.0 Å². The fraction of sp³-hybridized carbons (Fsp3) is 0.154. The van der Waals surface area contributed by atoms with Gasteiger partial charge in [-0.2, -0.15) is 0 Å². The zero-order valence-electron chi connectivity index (χ0n) is 9.02. The Hall–Kier alpha value is -1.19. The Morgan fingerprint density at radius 2 is 2.06 bits per heavy atom. The number of hydrogen-bond donors (Lipinski definition) is 1. The van der Waals surface area contributed by atoms with Crippen LogP contribution in [0.1, 0.15) is 22.7 Å². The first-order chi connectivity index (χ1) is 7.68. The molecule has 16 heavy (non-hydrogen) atoms. The van der Waals surface area contributed by atoms with E-state index in [1.54, 1.807) is 12.4 Å². The molecular weight excluding hydrogens is 264 g/mol. The van der Waals surface area contributed by atoms with Crippen molar-refractivity contribution in [3.8, 4) is 0 Å². The largest absolute Gasteiger partial charge is 0.320 e. The minimum atomic E-state index is -0.120. The number of nitrogens with two attached hydrogens (primary N) is 1. The highest BCUT2D eigenvalue weighted by Gasteiger charge is 2.09. The average Bonchev–Trinajstić information content (AvgIpc) is 2.33. The summed E-state index contributed by atoms with van der Waals surface area (Å²) >= 11 is 3.52. The number of halogens is 1. The standard InChI is InChI=1S/C13H13BrN2/c1-9-4-5-10(7-12(9)14)13(15)11-3-2-6-16-8-11/h2-8,13H,15H2,1H3. The Bertz CT molecular complexity index is 483. The SMILES string of the molecule is Cc1ccc(C(N)c2cccnc2)cc1Br. The molecule has 1 unspecified atom stereocenters. The van der Waals surface area contributed by atoms with Crippen molar-refractivity contribution in [3.05, 3.63) is 63.9 Å². The number of rotatable bonds is 2. The van der Waals surface area contributed by atoms with E-state index < -0.39 is 0 Å². The summed E-state index contributed by atoms with van der Waals surface area (Å²) in [4.78, 5) is 4.08. The van der Waals surface area contributed by atoms with Crippen molar-refractivity contribution < 1.29 is 0 Å². The lowest BCUT2D eigenvalue weighted by Crippen LogP contribution is -2.12. The Kier molecular flexibility index (Phi) is 3.36. The molecule has 1 aromatic carbocycles. The minimum Gasteiger partial charge on any atom is -0.320 e. The number of pyridine rings is 1. The third kappa shape index (κ3) is 2.31. The van der Waals surface area contributed by atoms with Crippen molar-refractivity contribution in [1.29, 1.82) is 0 Å². The predicted molar refractivity (Wildman–Crippen MR) is 69.1 cm³/mol. The number of aromatic nitrogens is 1. The van der Waals surface area contributed by atoms with Crippen LogP contribution in [0.25, 0.3) is 0 Å². The molecule has 0 spiro atoms. The molecule has 2 nitrogen and oxygen atoms in total. The Labute approximate surface area is 104 Å². The van der Waals surface area contributed by atoms with Crippen molar-refractivity contribution in [3.63, 3.8) is 0 Å². The van der Waals surface area contributed by atoms with Crippen LogP contribution in [0.4, 0.5) is 0 Å². The highest BCUT2D eigenvalue weighted by Crippen LogP contribution is 2.24. The van der Waals surface area contributed by atoms with Crippen molar-refractivity contribution in [1.82, 2.24) is 4.98 Å². The highest BCUT2D eigenvalue weighted by atomic mass is 79.9. The molecule has 0 fully saturated rings. The third-order valence-corrected chi connectivity index (χ3v) is 3.45. The molecule has 0 aliphatic heterocycles. The Morgan fingerprint density at radius 1 is 1.25 bits per heavy atom. The predicted octanol–water partition coefficient (Wildman–Crippen LogP) is 3.20. The lowest BCUT2D eigenvalue weighted by Gasteiger charge is -2.13. The first-order valence-electron chi connectivity index (χ1n) is 5.10. The van der Waals surface area contributed by atoms with Crippen LogP contribution in [-0.2, 0) is 0 Å². The van der Waals surface area contributed by atoms with Gasteiger partial charge in [-0.25, -0.2) is 0 Å². The number of hydrogen-bond acceptors (Lipinski definition) is 2. The molecule has 82 valence electrons. The summed E-state index contributed by atoms with van der Waals surface area (Å²) in [5.74, 6) is 0.